The van der Waals surface area contributed by atoms with E-state index in [0.29, 0.717) is 12.8 Å². The molecule has 0 aliphatic carbocycles. The molecule has 5 heteroatoms. The summed E-state index contributed by atoms with van der Waals surface area (Å²) >= 11 is 0. The molecule has 0 N–H and O–H groups in total. The van der Waals surface area contributed by atoms with Gasteiger partial charge in [-0.2, -0.15) is 0 Å². The summed E-state index contributed by atoms with van der Waals surface area (Å²) in [6, 6.07) is 45.8. The number of rotatable bonds is 9. The summed E-state index contributed by atoms with van der Waals surface area (Å²) in [6.07, 6.45) is 5.44. The smallest absolute Gasteiger partial charge is 0.0934 e. The van der Waals surface area contributed by atoms with Crippen molar-refractivity contribution in [1.29, 1.82) is 0 Å². The van der Waals surface area contributed by atoms with Crippen molar-refractivity contribution >= 4 is 0 Å². The van der Waals surface area contributed by atoms with Gasteiger partial charge in [-0.25, -0.2) is 0 Å². The van der Waals surface area contributed by atoms with Crippen molar-refractivity contribution in [2.24, 2.45) is 0 Å². The number of alkyl halides is 2. The average Bonchev–Trinajstić information content (AvgIpc) is 3.09. The molecule has 0 bridgehead atoms. The monoisotopic (exact) mass is 760 g/mol. The molecule has 0 spiro atoms. The van der Waals surface area contributed by atoms with Gasteiger partial charge in [0, 0.05) is 44.5 Å². The molecule has 0 unspecified atom stereocenters. The quantitative estimate of drug-likeness (QED) is 0.137. The standard InChI is InChI=1S/C20H17FN.C19H16FN.Ir/c21-13-4-5-16-9-11-17(12-10-16)18-6-3-7-19(15-18)20-8-1-2-14-22-20;20-12-11-15-7-9-16(10-8-15)17-4-3-5-18(14-17)19-6-1-2-13-21-19;/h1-3,6,8-12,14-15H,4-5,13H2;1-10,13-14H,11-12H2;/q-1;;. The summed E-state index contributed by atoms with van der Waals surface area (Å²) in [4.78, 5) is 8.75. The SMILES string of the molecule is FCCCc1ccc(-c2cc[c-]c(-c3ccccn3)c2)cc1.FCCc1ccc(-c2cccc(-c3ccccn3)c2)cc1.[Ir]. The molecule has 44 heavy (non-hydrogen) atoms. The van der Waals surface area contributed by atoms with E-state index in [1.807, 2.05) is 78.9 Å². The van der Waals surface area contributed by atoms with Crippen LogP contribution in [0.15, 0.2) is 140 Å². The zero-order chi connectivity index (χ0) is 29.7. The van der Waals surface area contributed by atoms with E-state index < -0.39 is 0 Å². The molecule has 2 aromatic heterocycles. The number of aryl methyl sites for hydroxylation is 2. The predicted octanol–water partition coefficient (Wildman–Crippen LogP) is 10.0. The van der Waals surface area contributed by atoms with Crippen molar-refractivity contribution in [1.82, 2.24) is 9.97 Å². The Bertz CT molecular complexity index is 1690. The number of aromatic nitrogens is 2. The number of hydrogen-bond acceptors (Lipinski definition) is 2. The largest absolute Gasteiger partial charge is 0.305 e. The summed E-state index contributed by atoms with van der Waals surface area (Å²) in [5, 5.41) is 0. The predicted molar refractivity (Wildman–Crippen MR) is 173 cm³/mol. The van der Waals surface area contributed by atoms with E-state index in [9.17, 15) is 8.78 Å². The molecule has 1 radical (unpaired) electrons. The molecular weight excluding hydrogens is 727 g/mol. The fourth-order valence-electron chi connectivity index (χ4n) is 4.82. The normalized spacial score (nSPS) is 10.3. The van der Waals surface area contributed by atoms with Gasteiger partial charge in [-0.1, -0.05) is 84.9 Å². The van der Waals surface area contributed by atoms with Crippen molar-refractivity contribution in [3.63, 3.8) is 0 Å². The van der Waals surface area contributed by atoms with Crippen LogP contribution in [0.2, 0.25) is 0 Å². The van der Waals surface area contributed by atoms with Crippen LogP contribution in [0.25, 0.3) is 44.8 Å². The second-order valence-corrected chi connectivity index (χ2v) is 10.1. The molecule has 0 amide bonds. The van der Waals surface area contributed by atoms with E-state index in [1.165, 1.54) is 5.56 Å². The first-order valence-corrected chi connectivity index (χ1v) is 14.5. The number of halogens is 2. The summed E-state index contributed by atoms with van der Waals surface area (Å²) in [5.74, 6) is 0. The maximum absolute atomic E-state index is 12.3. The Morgan fingerprint density at radius 3 is 1.68 bits per heavy atom. The van der Waals surface area contributed by atoms with E-state index in [1.54, 1.807) is 12.4 Å². The maximum Gasteiger partial charge on any atom is 0.0934 e. The van der Waals surface area contributed by atoms with Gasteiger partial charge in [0.15, 0.2) is 0 Å². The first-order chi connectivity index (χ1) is 21.2. The first kappa shape index (κ1) is 32.6. The summed E-state index contributed by atoms with van der Waals surface area (Å²) in [5.41, 5.74) is 10.7. The number of hydrogen-bond donors (Lipinski definition) is 0. The third-order valence-electron chi connectivity index (χ3n) is 7.12. The Hall–Kier alpha value is -4.31. The van der Waals surface area contributed by atoms with Crippen molar-refractivity contribution in [3.05, 3.63) is 157 Å². The Kier molecular flexibility index (Phi) is 12.7. The zero-order valence-corrected chi connectivity index (χ0v) is 26.7. The van der Waals surface area contributed by atoms with Gasteiger partial charge in [0.1, 0.15) is 0 Å². The fraction of sp³-hybridized carbons (Fsp3) is 0.128. The van der Waals surface area contributed by atoms with Crippen LogP contribution in [0.3, 0.4) is 0 Å². The minimum Gasteiger partial charge on any atom is -0.305 e. The Morgan fingerprint density at radius 2 is 1.09 bits per heavy atom. The molecular formula is C39H33F2IrN2-. The minimum absolute atomic E-state index is 0. The van der Waals surface area contributed by atoms with Crippen molar-refractivity contribution < 1.29 is 28.9 Å². The molecule has 0 atom stereocenters. The van der Waals surface area contributed by atoms with Crippen LogP contribution in [0.4, 0.5) is 8.78 Å². The molecule has 0 saturated carbocycles. The number of nitrogens with zero attached hydrogens (tertiary/aromatic N) is 2. The topological polar surface area (TPSA) is 25.8 Å². The van der Waals surface area contributed by atoms with Gasteiger partial charge in [-0.3, -0.25) is 13.8 Å². The first-order valence-electron chi connectivity index (χ1n) is 14.5. The minimum atomic E-state index is -0.311. The van der Waals surface area contributed by atoms with Crippen LogP contribution in [0.1, 0.15) is 17.5 Å². The Balaban J connectivity index is 0.000000197. The molecule has 223 valence electrons. The second-order valence-electron chi connectivity index (χ2n) is 10.1. The molecule has 0 aliphatic heterocycles. The van der Waals surface area contributed by atoms with Crippen LogP contribution in [-0.2, 0) is 32.9 Å². The molecule has 0 aliphatic rings. The van der Waals surface area contributed by atoms with E-state index in [-0.39, 0.29) is 33.5 Å². The summed E-state index contributed by atoms with van der Waals surface area (Å²) in [7, 11) is 0. The molecule has 4 aromatic carbocycles. The van der Waals surface area contributed by atoms with Gasteiger partial charge >= 0.3 is 0 Å². The molecule has 6 rings (SSSR count). The van der Waals surface area contributed by atoms with Gasteiger partial charge < -0.3 is 4.98 Å². The summed E-state index contributed by atoms with van der Waals surface area (Å²) < 4.78 is 24.6. The zero-order valence-electron chi connectivity index (χ0n) is 24.3. The van der Waals surface area contributed by atoms with Crippen LogP contribution < -0.4 is 0 Å². The molecule has 6 aromatic rings. The van der Waals surface area contributed by atoms with Gasteiger partial charge in [0.2, 0.25) is 0 Å². The summed E-state index contributed by atoms with van der Waals surface area (Å²) in [6.45, 7) is -0.571. The average molecular weight is 760 g/mol. The van der Waals surface area contributed by atoms with E-state index >= 15 is 0 Å². The van der Waals surface area contributed by atoms with Crippen LogP contribution in [0.5, 0.6) is 0 Å². The van der Waals surface area contributed by atoms with Gasteiger partial charge in [-0.05, 0) is 70.6 Å². The fourth-order valence-corrected chi connectivity index (χ4v) is 4.82. The Labute approximate surface area is 272 Å². The van der Waals surface area contributed by atoms with Crippen LogP contribution in [0, 0.1) is 6.07 Å². The van der Waals surface area contributed by atoms with E-state index in [0.717, 1.165) is 56.8 Å². The Morgan fingerprint density at radius 1 is 0.500 bits per heavy atom. The van der Waals surface area contributed by atoms with Crippen molar-refractivity contribution in [2.75, 3.05) is 13.3 Å². The molecule has 0 saturated heterocycles. The number of benzene rings is 4. The van der Waals surface area contributed by atoms with Crippen LogP contribution in [-0.4, -0.2) is 23.3 Å². The molecule has 0 fully saturated rings. The van der Waals surface area contributed by atoms with E-state index in [4.69, 9.17) is 0 Å². The maximum atomic E-state index is 12.3. The van der Waals surface area contributed by atoms with E-state index in [2.05, 4.69) is 64.6 Å². The third kappa shape index (κ3) is 9.09. The second kappa shape index (κ2) is 17.1. The van der Waals surface area contributed by atoms with Gasteiger partial charge in [0.25, 0.3) is 0 Å². The van der Waals surface area contributed by atoms with Crippen molar-refractivity contribution in [3.8, 4) is 44.8 Å². The van der Waals surface area contributed by atoms with Gasteiger partial charge in [0.05, 0.1) is 19.0 Å². The van der Waals surface area contributed by atoms with Crippen LogP contribution >= 0.6 is 0 Å². The molecule has 2 nitrogen and oxygen atoms in total. The number of pyridine rings is 2. The third-order valence-corrected chi connectivity index (χ3v) is 7.12. The molecule has 2 heterocycles. The van der Waals surface area contributed by atoms with Gasteiger partial charge in [-0.15, -0.1) is 35.4 Å². The van der Waals surface area contributed by atoms with Crippen molar-refractivity contribution in [2.45, 2.75) is 19.3 Å².